The van der Waals surface area contributed by atoms with Crippen LogP contribution in [-0.4, -0.2) is 19.6 Å². The van der Waals surface area contributed by atoms with Crippen LogP contribution in [0, 0.1) is 11.3 Å². The fourth-order valence-corrected chi connectivity index (χ4v) is 3.76. The van der Waals surface area contributed by atoms with Crippen molar-refractivity contribution in [1.82, 2.24) is 19.6 Å². The van der Waals surface area contributed by atoms with Gasteiger partial charge in [0.05, 0.1) is 22.7 Å². The number of aromatic nitrogens is 4. The summed E-state index contributed by atoms with van der Waals surface area (Å²) in [4.78, 5) is 4.84. The highest BCUT2D eigenvalue weighted by Gasteiger charge is 2.18. The van der Waals surface area contributed by atoms with Gasteiger partial charge in [0.2, 0.25) is 0 Å². The zero-order valence-electron chi connectivity index (χ0n) is 14.5. The summed E-state index contributed by atoms with van der Waals surface area (Å²) in [5.74, 6) is 0.746. The molecule has 0 fully saturated rings. The van der Waals surface area contributed by atoms with Crippen molar-refractivity contribution in [2.45, 2.75) is 0 Å². The first-order valence-electron chi connectivity index (χ1n) is 8.65. The smallest absolute Gasteiger partial charge is 0.188 e. The molecule has 132 valence electrons. The van der Waals surface area contributed by atoms with Gasteiger partial charge in [-0.1, -0.05) is 58.4 Å². The number of benzene rings is 3. The monoisotopic (exact) mass is 425 g/mol. The van der Waals surface area contributed by atoms with Crippen molar-refractivity contribution < 1.29 is 0 Å². The molecule has 0 bridgehead atoms. The van der Waals surface area contributed by atoms with E-state index in [0.29, 0.717) is 11.2 Å². The Bertz CT molecular complexity index is 1380. The van der Waals surface area contributed by atoms with E-state index in [9.17, 15) is 0 Å². The molecule has 0 saturated heterocycles. The summed E-state index contributed by atoms with van der Waals surface area (Å²) in [7, 11) is 0. The van der Waals surface area contributed by atoms with Crippen molar-refractivity contribution in [1.29, 1.82) is 5.26 Å². The lowest BCUT2D eigenvalue weighted by atomic mass is 10.1. The normalized spacial score (nSPS) is 11.0. The summed E-state index contributed by atoms with van der Waals surface area (Å²) >= 11 is 3.62. The van der Waals surface area contributed by atoms with Crippen molar-refractivity contribution >= 4 is 32.6 Å². The number of hydrogen-bond donors (Lipinski definition) is 0. The molecule has 0 spiro atoms. The van der Waals surface area contributed by atoms with Crippen LogP contribution in [0.4, 0.5) is 0 Å². The third-order valence-corrected chi connectivity index (χ3v) is 5.32. The lowest BCUT2D eigenvalue weighted by Gasteiger charge is -2.09. The molecule has 0 unspecified atom stereocenters. The number of fused-ring (bicyclic) bond motifs is 3. The summed E-state index contributed by atoms with van der Waals surface area (Å²) in [6.07, 6.45) is 0. The van der Waals surface area contributed by atoms with E-state index in [4.69, 9.17) is 10.2 Å². The van der Waals surface area contributed by atoms with Gasteiger partial charge in [0.15, 0.2) is 11.5 Å². The quantitative estimate of drug-likeness (QED) is 0.387. The summed E-state index contributed by atoms with van der Waals surface area (Å²) in [6, 6.07) is 25.4. The van der Waals surface area contributed by atoms with Gasteiger partial charge in [0.25, 0.3) is 0 Å². The summed E-state index contributed by atoms with van der Waals surface area (Å²) in [5.41, 5.74) is 5.64. The second-order valence-electron chi connectivity index (χ2n) is 6.30. The second-order valence-corrected chi connectivity index (χ2v) is 7.16. The van der Waals surface area contributed by atoms with Gasteiger partial charge in [0.1, 0.15) is 5.69 Å². The van der Waals surface area contributed by atoms with Gasteiger partial charge in [0, 0.05) is 15.6 Å². The highest BCUT2D eigenvalue weighted by molar-refractivity contribution is 9.10. The van der Waals surface area contributed by atoms with E-state index in [1.54, 1.807) is 12.1 Å². The summed E-state index contributed by atoms with van der Waals surface area (Å²) in [6.45, 7) is 0. The van der Waals surface area contributed by atoms with Crippen molar-refractivity contribution in [2.24, 2.45) is 0 Å². The SMILES string of the molecule is N#Cc1ccc(-c2nc3ccccc3n3c(-c4ccccc4Br)nnc23)cc1. The Balaban J connectivity index is 1.88. The molecule has 0 atom stereocenters. The Hall–Kier alpha value is -3.56. The van der Waals surface area contributed by atoms with Gasteiger partial charge in [-0.3, -0.25) is 4.40 Å². The molecular formula is C22H12BrN5. The van der Waals surface area contributed by atoms with Crippen LogP contribution in [0.15, 0.2) is 77.3 Å². The third-order valence-electron chi connectivity index (χ3n) is 4.63. The molecule has 5 rings (SSSR count). The van der Waals surface area contributed by atoms with Gasteiger partial charge in [-0.15, -0.1) is 10.2 Å². The van der Waals surface area contributed by atoms with Gasteiger partial charge in [-0.2, -0.15) is 5.26 Å². The molecular weight excluding hydrogens is 414 g/mol. The van der Waals surface area contributed by atoms with E-state index in [1.165, 1.54) is 0 Å². The molecule has 0 N–H and O–H groups in total. The van der Waals surface area contributed by atoms with E-state index in [0.717, 1.165) is 38.2 Å². The minimum atomic E-state index is 0.607. The van der Waals surface area contributed by atoms with Crippen molar-refractivity contribution in [3.63, 3.8) is 0 Å². The van der Waals surface area contributed by atoms with E-state index in [-0.39, 0.29) is 0 Å². The Morgan fingerprint density at radius 1 is 0.857 bits per heavy atom. The van der Waals surface area contributed by atoms with E-state index < -0.39 is 0 Å². The van der Waals surface area contributed by atoms with Crippen molar-refractivity contribution in [3.05, 3.63) is 82.8 Å². The summed E-state index contributed by atoms with van der Waals surface area (Å²) in [5, 5.41) is 18.0. The summed E-state index contributed by atoms with van der Waals surface area (Å²) < 4.78 is 2.99. The predicted molar refractivity (Wildman–Crippen MR) is 112 cm³/mol. The third kappa shape index (κ3) is 2.56. The van der Waals surface area contributed by atoms with Gasteiger partial charge in [-0.05, 0) is 30.3 Å². The molecule has 6 heteroatoms. The first kappa shape index (κ1) is 16.6. The van der Waals surface area contributed by atoms with Gasteiger partial charge in [-0.25, -0.2) is 4.98 Å². The number of para-hydroxylation sites is 2. The minimum absolute atomic E-state index is 0.607. The molecule has 2 aromatic heterocycles. The Morgan fingerprint density at radius 3 is 2.39 bits per heavy atom. The van der Waals surface area contributed by atoms with E-state index in [2.05, 4.69) is 32.2 Å². The molecule has 0 aliphatic heterocycles. The molecule has 0 radical (unpaired) electrons. The number of nitriles is 1. The van der Waals surface area contributed by atoms with E-state index >= 15 is 0 Å². The van der Waals surface area contributed by atoms with E-state index in [1.807, 2.05) is 65.1 Å². The fraction of sp³-hybridized carbons (Fsp3) is 0. The van der Waals surface area contributed by atoms with Crippen LogP contribution in [0.1, 0.15) is 5.56 Å². The average molecular weight is 426 g/mol. The van der Waals surface area contributed by atoms with Crippen molar-refractivity contribution in [3.8, 4) is 28.7 Å². The molecule has 0 aliphatic rings. The second kappa shape index (κ2) is 6.55. The Labute approximate surface area is 169 Å². The van der Waals surface area contributed by atoms with Crippen LogP contribution in [0.25, 0.3) is 39.3 Å². The molecule has 2 heterocycles. The maximum absolute atomic E-state index is 9.07. The highest BCUT2D eigenvalue weighted by Crippen LogP contribution is 2.32. The topological polar surface area (TPSA) is 66.9 Å². The highest BCUT2D eigenvalue weighted by atomic mass is 79.9. The zero-order chi connectivity index (χ0) is 19.1. The molecule has 5 aromatic rings. The first-order valence-corrected chi connectivity index (χ1v) is 9.45. The molecule has 3 aromatic carbocycles. The van der Waals surface area contributed by atoms with Crippen molar-refractivity contribution in [2.75, 3.05) is 0 Å². The van der Waals surface area contributed by atoms with Crippen LogP contribution in [-0.2, 0) is 0 Å². The zero-order valence-corrected chi connectivity index (χ0v) is 16.1. The molecule has 0 aliphatic carbocycles. The van der Waals surface area contributed by atoms with Crippen LogP contribution in [0.5, 0.6) is 0 Å². The lowest BCUT2D eigenvalue weighted by Crippen LogP contribution is -1.98. The largest absolute Gasteiger partial charge is 0.271 e. The maximum atomic E-state index is 9.07. The van der Waals surface area contributed by atoms with Crippen LogP contribution < -0.4 is 0 Å². The first-order chi connectivity index (χ1) is 13.8. The average Bonchev–Trinajstić information content (AvgIpc) is 3.19. The number of rotatable bonds is 2. The molecule has 5 nitrogen and oxygen atoms in total. The molecule has 0 amide bonds. The van der Waals surface area contributed by atoms with Gasteiger partial charge >= 0.3 is 0 Å². The Morgan fingerprint density at radius 2 is 1.61 bits per heavy atom. The fourth-order valence-electron chi connectivity index (χ4n) is 3.30. The Kier molecular flexibility index (Phi) is 3.89. The van der Waals surface area contributed by atoms with Crippen LogP contribution in [0.2, 0.25) is 0 Å². The number of hydrogen-bond acceptors (Lipinski definition) is 4. The molecule has 0 saturated carbocycles. The number of nitrogens with zero attached hydrogens (tertiary/aromatic N) is 5. The van der Waals surface area contributed by atoms with Crippen LogP contribution >= 0.6 is 15.9 Å². The predicted octanol–water partition coefficient (Wildman–Crippen LogP) is 5.25. The number of halogens is 1. The van der Waals surface area contributed by atoms with Crippen LogP contribution in [0.3, 0.4) is 0 Å². The molecule has 28 heavy (non-hydrogen) atoms. The lowest BCUT2D eigenvalue weighted by molar-refractivity contribution is 1.11. The van der Waals surface area contributed by atoms with Gasteiger partial charge < -0.3 is 0 Å². The standard InChI is InChI=1S/C22H12BrN5/c23-17-6-2-1-5-16(17)21-26-27-22-20(15-11-9-14(13-24)10-12-15)25-18-7-3-4-8-19(18)28(21)22/h1-12H. The minimum Gasteiger partial charge on any atom is -0.271 e. The maximum Gasteiger partial charge on any atom is 0.188 e.